The molecule has 0 atom stereocenters. The Labute approximate surface area is 321 Å². The van der Waals surface area contributed by atoms with Gasteiger partial charge in [0.2, 0.25) is 0 Å². The molecule has 6 rings (SSSR count). The van der Waals surface area contributed by atoms with E-state index in [1.165, 1.54) is 38.9 Å². The minimum absolute atomic E-state index is 0.0270. The summed E-state index contributed by atoms with van der Waals surface area (Å²) in [4.78, 5) is 27.4. The molecule has 3 N–H and O–H groups in total. The Bertz CT molecular complexity index is 1880. The minimum Gasteiger partial charge on any atom is -0.475 e. The van der Waals surface area contributed by atoms with Gasteiger partial charge in [0.15, 0.2) is 0 Å². The molecule has 1 heterocycles. The summed E-state index contributed by atoms with van der Waals surface area (Å²) in [7, 11) is 0. The molecule has 288 valence electrons. The first-order chi connectivity index (χ1) is 26.7. The summed E-state index contributed by atoms with van der Waals surface area (Å²) >= 11 is 0. The molecule has 0 radical (unpaired) electrons. The van der Waals surface area contributed by atoms with Crippen LogP contribution in [-0.4, -0.2) is 65.3 Å². The predicted molar refractivity (Wildman–Crippen MR) is 211 cm³/mol. The number of carbonyl (C=O) groups excluding carboxylic acids is 1. The molecule has 0 unspecified atom stereocenters. The second-order valence-corrected chi connectivity index (χ2v) is 13.7. The molecule has 0 aromatic heterocycles. The van der Waals surface area contributed by atoms with Gasteiger partial charge in [-0.15, -0.1) is 0 Å². The normalized spacial score (nSPS) is 13.4. The molecule has 0 saturated carbocycles. The van der Waals surface area contributed by atoms with E-state index < -0.39 is 12.1 Å². The van der Waals surface area contributed by atoms with Crippen molar-refractivity contribution >= 4 is 12.0 Å². The summed E-state index contributed by atoms with van der Waals surface area (Å²) < 4.78 is 31.7. The van der Waals surface area contributed by atoms with E-state index in [9.17, 15) is 18.0 Å². The number of alkyl halides is 3. The number of nitrogens with zero attached hydrogens (tertiary/aromatic N) is 2. The molecule has 0 spiro atoms. The highest BCUT2D eigenvalue weighted by Crippen LogP contribution is 2.28. The maximum absolute atomic E-state index is 13.9. The number of hydrogen-bond acceptors (Lipinski definition) is 4. The van der Waals surface area contributed by atoms with Gasteiger partial charge in [-0.2, -0.15) is 13.2 Å². The van der Waals surface area contributed by atoms with Gasteiger partial charge < -0.3 is 20.6 Å². The van der Waals surface area contributed by atoms with Crippen LogP contribution in [0.1, 0.15) is 40.7 Å². The lowest BCUT2D eigenvalue weighted by atomic mass is 9.96. The van der Waals surface area contributed by atoms with E-state index in [-0.39, 0.29) is 12.1 Å². The lowest BCUT2D eigenvalue weighted by molar-refractivity contribution is -0.192. The molecule has 5 aromatic carbocycles. The minimum atomic E-state index is -5.08. The first-order valence-electron chi connectivity index (χ1n) is 18.7. The number of carboxylic acid groups (broad SMARTS) is 1. The van der Waals surface area contributed by atoms with Crippen LogP contribution in [0.4, 0.5) is 18.0 Å². The number of carbonyl (C=O) groups is 2. The van der Waals surface area contributed by atoms with Crippen molar-refractivity contribution in [3.05, 3.63) is 167 Å². The molecule has 1 fully saturated rings. The highest BCUT2D eigenvalue weighted by Gasteiger charge is 2.38. The van der Waals surface area contributed by atoms with Gasteiger partial charge in [0.25, 0.3) is 0 Å². The SMILES string of the molecule is O=C(NCCc1ccccc1)N(Cc1ccccc1-c1ccc(CNCCc2ccccc2)cc1)C1CCN(Cc2ccccc2)CC1.O=C(O)C(F)(F)F. The number of piperidine rings is 1. The molecule has 5 aromatic rings. The fourth-order valence-corrected chi connectivity index (χ4v) is 6.69. The van der Waals surface area contributed by atoms with Gasteiger partial charge in [-0.1, -0.05) is 140 Å². The van der Waals surface area contributed by atoms with Crippen LogP contribution in [-0.2, 0) is 37.3 Å². The topological polar surface area (TPSA) is 84.9 Å². The zero-order chi connectivity index (χ0) is 38.9. The number of rotatable bonds is 14. The molecule has 1 aliphatic heterocycles. The van der Waals surface area contributed by atoms with Crippen LogP contribution in [0.3, 0.4) is 0 Å². The zero-order valence-electron chi connectivity index (χ0n) is 30.9. The Morgan fingerprint density at radius 2 is 1.18 bits per heavy atom. The van der Waals surface area contributed by atoms with Gasteiger partial charge in [0.05, 0.1) is 0 Å². The summed E-state index contributed by atoms with van der Waals surface area (Å²) in [5.41, 5.74) is 8.74. The van der Waals surface area contributed by atoms with Crippen molar-refractivity contribution in [2.45, 2.75) is 57.5 Å². The quantitative estimate of drug-likeness (QED) is 0.0990. The van der Waals surface area contributed by atoms with Gasteiger partial charge in [-0.25, -0.2) is 9.59 Å². The number of nitrogens with one attached hydrogen (secondary N) is 2. The molecule has 2 amide bonds. The van der Waals surface area contributed by atoms with Crippen molar-refractivity contribution in [2.75, 3.05) is 26.2 Å². The number of hydrogen-bond donors (Lipinski definition) is 3. The van der Waals surface area contributed by atoms with Crippen molar-refractivity contribution in [1.29, 1.82) is 0 Å². The third-order valence-electron chi connectivity index (χ3n) is 9.67. The fraction of sp³-hybridized carbons (Fsp3) is 0.289. The molecule has 55 heavy (non-hydrogen) atoms. The molecule has 0 aliphatic carbocycles. The maximum Gasteiger partial charge on any atom is 0.490 e. The van der Waals surface area contributed by atoms with Gasteiger partial charge in [0, 0.05) is 45.3 Å². The Morgan fingerprint density at radius 3 is 1.75 bits per heavy atom. The van der Waals surface area contributed by atoms with Gasteiger partial charge in [0.1, 0.15) is 0 Å². The molecule has 7 nitrogen and oxygen atoms in total. The van der Waals surface area contributed by atoms with E-state index in [4.69, 9.17) is 9.90 Å². The van der Waals surface area contributed by atoms with Crippen molar-refractivity contribution < 1.29 is 27.9 Å². The Morgan fingerprint density at radius 1 is 0.673 bits per heavy atom. The largest absolute Gasteiger partial charge is 0.490 e. The Balaban J connectivity index is 0.000000757. The second kappa shape index (κ2) is 20.9. The van der Waals surface area contributed by atoms with Crippen molar-refractivity contribution in [3.8, 4) is 11.1 Å². The third kappa shape index (κ3) is 13.4. The lowest BCUT2D eigenvalue weighted by Crippen LogP contribution is -2.50. The lowest BCUT2D eigenvalue weighted by Gasteiger charge is -2.39. The standard InChI is InChI=1S/C43H48N4O.C2HF3O2/c48-43(45-29-25-36-14-6-2-7-15-36)47(41-26-30-46(31-27-41)33-38-16-8-3-9-17-38)34-40-18-10-11-19-42(40)39-22-20-37(21-23-39)32-44-28-24-35-12-4-1-5-13-35;3-2(4,5)1(6)7/h1-23,41,44H,24-34H2,(H,45,48);(H,6,7). The van der Waals surface area contributed by atoms with Crippen molar-refractivity contribution in [1.82, 2.24) is 20.4 Å². The number of amides is 2. The second-order valence-electron chi connectivity index (χ2n) is 13.7. The van der Waals surface area contributed by atoms with Gasteiger partial charge in [-0.3, -0.25) is 4.90 Å². The van der Waals surface area contributed by atoms with Crippen molar-refractivity contribution in [2.24, 2.45) is 0 Å². The monoisotopic (exact) mass is 750 g/mol. The summed E-state index contributed by atoms with van der Waals surface area (Å²) in [6.45, 7) is 5.91. The van der Waals surface area contributed by atoms with E-state index in [1.54, 1.807) is 0 Å². The number of halogens is 3. The highest BCUT2D eigenvalue weighted by atomic mass is 19.4. The van der Waals surface area contributed by atoms with E-state index in [0.29, 0.717) is 13.1 Å². The smallest absolute Gasteiger partial charge is 0.475 e. The number of aliphatic carboxylic acids is 1. The average Bonchev–Trinajstić information content (AvgIpc) is 3.20. The van der Waals surface area contributed by atoms with Crippen LogP contribution in [0.15, 0.2) is 140 Å². The van der Waals surface area contributed by atoms with Crippen LogP contribution in [0.2, 0.25) is 0 Å². The number of carboxylic acids is 1. The average molecular weight is 751 g/mol. The summed E-state index contributed by atoms with van der Waals surface area (Å²) in [5.74, 6) is -2.76. The summed E-state index contributed by atoms with van der Waals surface area (Å²) in [5, 5.41) is 14.0. The number of likely N-dealkylation sites (tertiary alicyclic amines) is 1. The fourth-order valence-electron chi connectivity index (χ4n) is 6.69. The first-order valence-corrected chi connectivity index (χ1v) is 18.7. The molecular formula is C45H49F3N4O3. The molecular weight excluding hydrogens is 702 g/mol. The van der Waals surface area contributed by atoms with E-state index >= 15 is 0 Å². The highest BCUT2D eigenvalue weighted by molar-refractivity contribution is 5.75. The Hall–Kier alpha value is -5.45. The molecule has 0 bridgehead atoms. The number of urea groups is 1. The molecule has 1 aliphatic rings. The van der Waals surface area contributed by atoms with Crippen LogP contribution in [0.5, 0.6) is 0 Å². The van der Waals surface area contributed by atoms with E-state index in [2.05, 4.69) is 154 Å². The molecule has 10 heteroatoms. The summed E-state index contributed by atoms with van der Waals surface area (Å²) in [6, 6.07) is 49.3. The first kappa shape index (κ1) is 40.7. The van der Waals surface area contributed by atoms with Gasteiger partial charge >= 0.3 is 18.2 Å². The van der Waals surface area contributed by atoms with Crippen LogP contribution in [0.25, 0.3) is 11.1 Å². The third-order valence-corrected chi connectivity index (χ3v) is 9.67. The Kier molecular flexibility index (Phi) is 15.4. The van der Waals surface area contributed by atoms with Gasteiger partial charge in [-0.05, 0) is 71.2 Å². The summed E-state index contributed by atoms with van der Waals surface area (Å²) in [6.07, 6.45) is -1.31. The maximum atomic E-state index is 13.9. The van der Waals surface area contributed by atoms with E-state index in [0.717, 1.165) is 58.4 Å². The van der Waals surface area contributed by atoms with Crippen molar-refractivity contribution in [3.63, 3.8) is 0 Å². The van der Waals surface area contributed by atoms with E-state index in [1.807, 2.05) is 6.07 Å². The zero-order valence-corrected chi connectivity index (χ0v) is 30.9. The van der Waals surface area contributed by atoms with Crippen LogP contribution < -0.4 is 10.6 Å². The van der Waals surface area contributed by atoms with Crippen LogP contribution in [0, 0.1) is 0 Å². The number of benzene rings is 5. The molecule has 1 saturated heterocycles. The van der Waals surface area contributed by atoms with Crippen LogP contribution >= 0.6 is 0 Å². The predicted octanol–water partition coefficient (Wildman–Crippen LogP) is 8.74.